The Hall–Kier alpha value is -3.15. The average molecular weight is 1120 g/mol. The van der Waals surface area contributed by atoms with E-state index in [1.807, 2.05) is 0 Å². The second kappa shape index (κ2) is 68.3. The predicted octanol–water partition coefficient (Wildman–Crippen LogP) is 24.1. The van der Waals surface area contributed by atoms with E-state index in [-0.39, 0.29) is 31.1 Å². The van der Waals surface area contributed by atoms with Gasteiger partial charge in [0.25, 0.3) is 0 Å². The van der Waals surface area contributed by atoms with Crippen molar-refractivity contribution in [2.24, 2.45) is 0 Å². The number of hydrogen-bond donors (Lipinski definition) is 0. The summed E-state index contributed by atoms with van der Waals surface area (Å²) < 4.78 is 16.8. The van der Waals surface area contributed by atoms with Crippen molar-refractivity contribution < 1.29 is 28.6 Å². The van der Waals surface area contributed by atoms with Crippen LogP contribution in [-0.4, -0.2) is 37.2 Å². The SMILES string of the molecule is CC/C=C\C/C=C\C/C=C\C/C=C\C/C=C\C/C=C\CCCCCCC(=O)OC(COC(=O)CCCCCCCCC)COC(=O)CCCCCCCCCCCCCCCCCCCCCCCCCCCCCCCCCC. The first-order valence-corrected chi connectivity index (χ1v) is 34.9. The molecule has 6 heteroatoms. The Morgan fingerprint density at radius 3 is 0.762 bits per heavy atom. The number of ether oxygens (including phenoxy) is 3. The van der Waals surface area contributed by atoms with Crippen molar-refractivity contribution in [1.82, 2.24) is 0 Å². The fourth-order valence-electron chi connectivity index (χ4n) is 10.3. The molecule has 0 heterocycles. The molecule has 0 radical (unpaired) electrons. The summed E-state index contributed by atoms with van der Waals surface area (Å²) >= 11 is 0. The lowest BCUT2D eigenvalue weighted by molar-refractivity contribution is -0.167. The molecule has 6 nitrogen and oxygen atoms in total. The van der Waals surface area contributed by atoms with Gasteiger partial charge in [-0.2, -0.15) is 0 Å². The molecule has 0 spiro atoms. The van der Waals surface area contributed by atoms with E-state index in [1.54, 1.807) is 0 Å². The first-order chi connectivity index (χ1) is 39.5. The first kappa shape index (κ1) is 76.9. The standard InChI is InChI=1S/C74H132O6/c1-4-7-10-13-16-18-20-22-24-26-28-30-32-33-34-35-36-37-38-39-40-42-43-45-47-49-51-53-55-58-61-64-67-73(76)79-70-71(69-78-72(75)66-63-60-57-15-12-9-6-3)80-74(77)68-65-62-59-56-54-52-50-48-46-44-41-31-29-27-25-23-21-19-17-14-11-8-5-2/h8,11,17,19,23,25,29,31,44,46,50,52,71H,4-7,9-10,12-16,18,20-22,24,26-28,30,32-43,45,47-49,51,53-70H2,1-3H3/b11-8-,19-17-,25-23-,31-29-,46-44-,52-50-. The van der Waals surface area contributed by atoms with E-state index in [0.29, 0.717) is 19.3 Å². The molecule has 0 bridgehead atoms. The van der Waals surface area contributed by atoms with Crippen LogP contribution in [0.4, 0.5) is 0 Å². The summed E-state index contributed by atoms with van der Waals surface area (Å²) in [7, 11) is 0. The van der Waals surface area contributed by atoms with Gasteiger partial charge in [0, 0.05) is 19.3 Å². The monoisotopic (exact) mass is 1120 g/mol. The summed E-state index contributed by atoms with van der Waals surface area (Å²) in [6.07, 6.45) is 89.7. The molecule has 0 fully saturated rings. The Morgan fingerprint density at radius 2 is 0.487 bits per heavy atom. The molecule has 0 aliphatic rings. The molecule has 0 saturated heterocycles. The third-order valence-corrected chi connectivity index (χ3v) is 15.5. The van der Waals surface area contributed by atoms with Gasteiger partial charge in [0.15, 0.2) is 6.10 Å². The summed E-state index contributed by atoms with van der Waals surface area (Å²) in [5.74, 6) is -0.898. The van der Waals surface area contributed by atoms with Crippen molar-refractivity contribution in [1.29, 1.82) is 0 Å². The predicted molar refractivity (Wildman–Crippen MR) is 348 cm³/mol. The number of esters is 3. The van der Waals surface area contributed by atoms with E-state index in [9.17, 15) is 14.4 Å². The quantitative estimate of drug-likeness (QED) is 0.0261. The van der Waals surface area contributed by atoms with Crippen molar-refractivity contribution in [3.05, 3.63) is 72.9 Å². The molecule has 0 aromatic rings. The third-order valence-electron chi connectivity index (χ3n) is 15.5. The van der Waals surface area contributed by atoms with Gasteiger partial charge < -0.3 is 14.2 Å². The molecule has 1 atom stereocenters. The van der Waals surface area contributed by atoms with Gasteiger partial charge >= 0.3 is 17.9 Å². The van der Waals surface area contributed by atoms with Crippen LogP contribution in [0.5, 0.6) is 0 Å². The highest BCUT2D eigenvalue weighted by atomic mass is 16.6. The zero-order valence-electron chi connectivity index (χ0n) is 53.3. The third kappa shape index (κ3) is 65.7. The van der Waals surface area contributed by atoms with E-state index < -0.39 is 6.10 Å². The fraction of sp³-hybridized carbons (Fsp3) is 0.797. The summed E-state index contributed by atoms with van der Waals surface area (Å²) in [6, 6.07) is 0. The van der Waals surface area contributed by atoms with Crippen LogP contribution in [0.1, 0.15) is 361 Å². The van der Waals surface area contributed by atoms with Gasteiger partial charge in [0.1, 0.15) is 13.2 Å². The molecule has 80 heavy (non-hydrogen) atoms. The number of carbonyl (C=O) groups is 3. The highest BCUT2D eigenvalue weighted by Gasteiger charge is 2.19. The number of allylic oxidation sites excluding steroid dienone is 12. The van der Waals surface area contributed by atoms with Gasteiger partial charge in [0.2, 0.25) is 0 Å². The van der Waals surface area contributed by atoms with Gasteiger partial charge in [-0.25, -0.2) is 0 Å². The summed E-state index contributed by atoms with van der Waals surface area (Å²) in [4.78, 5) is 38.1. The second-order valence-corrected chi connectivity index (χ2v) is 23.4. The van der Waals surface area contributed by atoms with Crippen LogP contribution in [0, 0.1) is 0 Å². The Bertz CT molecular complexity index is 1470. The van der Waals surface area contributed by atoms with E-state index in [0.717, 1.165) is 109 Å². The molecule has 0 aliphatic carbocycles. The summed E-state index contributed by atoms with van der Waals surface area (Å²) in [5, 5.41) is 0. The molecule has 0 N–H and O–H groups in total. The molecule has 0 aliphatic heterocycles. The van der Waals surface area contributed by atoms with Gasteiger partial charge in [-0.1, -0.05) is 344 Å². The smallest absolute Gasteiger partial charge is 0.306 e. The molecule has 0 amide bonds. The van der Waals surface area contributed by atoms with E-state index in [4.69, 9.17) is 14.2 Å². The molecule has 464 valence electrons. The van der Waals surface area contributed by atoms with Crippen LogP contribution in [-0.2, 0) is 28.6 Å². The van der Waals surface area contributed by atoms with Crippen molar-refractivity contribution in [3.63, 3.8) is 0 Å². The largest absolute Gasteiger partial charge is 0.462 e. The Morgan fingerprint density at radius 1 is 0.263 bits per heavy atom. The summed E-state index contributed by atoms with van der Waals surface area (Å²) in [6.45, 7) is 6.51. The van der Waals surface area contributed by atoms with Gasteiger partial charge in [0.05, 0.1) is 0 Å². The average Bonchev–Trinajstić information content (AvgIpc) is 3.46. The van der Waals surface area contributed by atoms with Crippen molar-refractivity contribution in [3.8, 4) is 0 Å². The minimum absolute atomic E-state index is 0.0825. The number of hydrogen-bond acceptors (Lipinski definition) is 6. The Balaban J connectivity index is 4.05. The van der Waals surface area contributed by atoms with Crippen LogP contribution in [0.3, 0.4) is 0 Å². The van der Waals surface area contributed by atoms with E-state index >= 15 is 0 Å². The van der Waals surface area contributed by atoms with E-state index in [1.165, 1.54) is 212 Å². The zero-order chi connectivity index (χ0) is 57.8. The Labute approximate surface area is 497 Å². The highest BCUT2D eigenvalue weighted by molar-refractivity contribution is 5.71. The minimum atomic E-state index is -0.786. The molecule has 1 unspecified atom stereocenters. The molecular weight excluding hydrogens is 985 g/mol. The zero-order valence-corrected chi connectivity index (χ0v) is 53.3. The molecule has 0 aromatic heterocycles. The first-order valence-electron chi connectivity index (χ1n) is 34.9. The van der Waals surface area contributed by atoms with Gasteiger partial charge in [-0.3, -0.25) is 14.4 Å². The Kier molecular flexibility index (Phi) is 65.7. The lowest BCUT2D eigenvalue weighted by Crippen LogP contribution is -2.30. The minimum Gasteiger partial charge on any atom is -0.462 e. The van der Waals surface area contributed by atoms with Crippen LogP contribution in [0.2, 0.25) is 0 Å². The van der Waals surface area contributed by atoms with Crippen molar-refractivity contribution >= 4 is 17.9 Å². The lowest BCUT2D eigenvalue weighted by Gasteiger charge is -2.18. The normalized spacial score (nSPS) is 12.5. The molecule has 0 saturated carbocycles. The van der Waals surface area contributed by atoms with Crippen molar-refractivity contribution in [2.45, 2.75) is 367 Å². The van der Waals surface area contributed by atoms with Crippen LogP contribution < -0.4 is 0 Å². The molecule has 0 aromatic carbocycles. The van der Waals surface area contributed by atoms with Crippen LogP contribution >= 0.6 is 0 Å². The lowest BCUT2D eigenvalue weighted by atomic mass is 10.0. The van der Waals surface area contributed by atoms with Gasteiger partial charge in [-0.05, 0) is 70.6 Å². The number of carbonyl (C=O) groups excluding carboxylic acids is 3. The van der Waals surface area contributed by atoms with E-state index in [2.05, 4.69) is 93.7 Å². The van der Waals surface area contributed by atoms with Crippen molar-refractivity contribution in [2.75, 3.05) is 13.2 Å². The highest BCUT2D eigenvalue weighted by Crippen LogP contribution is 2.18. The topological polar surface area (TPSA) is 78.9 Å². The number of unbranched alkanes of at least 4 members (excludes halogenated alkanes) is 41. The fourth-order valence-corrected chi connectivity index (χ4v) is 10.3. The summed E-state index contributed by atoms with van der Waals surface area (Å²) in [5.41, 5.74) is 0. The van der Waals surface area contributed by atoms with Crippen LogP contribution in [0.25, 0.3) is 0 Å². The van der Waals surface area contributed by atoms with Crippen LogP contribution in [0.15, 0.2) is 72.9 Å². The molecule has 0 rings (SSSR count). The van der Waals surface area contributed by atoms with Gasteiger partial charge in [-0.15, -0.1) is 0 Å². The number of rotatable bonds is 64. The maximum absolute atomic E-state index is 12.9. The maximum atomic E-state index is 12.9. The second-order valence-electron chi connectivity index (χ2n) is 23.4. The maximum Gasteiger partial charge on any atom is 0.306 e. The molecular formula is C74H132O6.